The van der Waals surface area contributed by atoms with Crippen LogP contribution in [0.25, 0.3) is 0 Å². The van der Waals surface area contributed by atoms with Gasteiger partial charge in [0.2, 0.25) is 0 Å². The normalized spacial score (nSPS) is 14.8. The number of benzene rings is 3. The highest BCUT2D eigenvalue weighted by molar-refractivity contribution is 6.04. The van der Waals surface area contributed by atoms with E-state index in [1.54, 1.807) is 12.1 Å². The zero-order valence-electron chi connectivity index (χ0n) is 24.7. The first-order chi connectivity index (χ1) is 20.5. The molecule has 0 fully saturated rings. The highest BCUT2D eigenvalue weighted by atomic mass is 19.4. The van der Waals surface area contributed by atoms with Crippen LogP contribution in [0.4, 0.5) is 13.2 Å². The number of methoxy groups -OCH3 is 3. The molecule has 0 saturated carbocycles. The van der Waals surface area contributed by atoms with Crippen LogP contribution in [-0.4, -0.2) is 68.5 Å². The molecule has 1 aliphatic heterocycles. The maximum atomic E-state index is 13.9. The molecular formula is C32H34F3N3O5. The molecule has 0 aliphatic carbocycles. The summed E-state index contributed by atoms with van der Waals surface area (Å²) in [6.45, 7) is 3.82. The van der Waals surface area contributed by atoms with Crippen molar-refractivity contribution in [2.45, 2.75) is 32.5 Å². The van der Waals surface area contributed by atoms with E-state index in [-0.39, 0.29) is 25.3 Å². The number of carbonyl (C=O) groups is 2. The van der Waals surface area contributed by atoms with E-state index >= 15 is 0 Å². The van der Waals surface area contributed by atoms with Gasteiger partial charge in [-0.3, -0.25) is 9.59 Å². The summed E-state index contributed by atoms with van der Waals surface area (Å²) in [7, 11) is 4.51. The van der Waals surface area contributed by atoms with Gasteiger partial charge in [-0.05, 0) is 78.6 Å². The highest BCUT2D eigenvalue weighted by Gasteiger charge is 2.35. The van der Waals surface area contributed by atoms with Crippen molar-refractivity contribution in [3.63, 3.8) is 0 Å². The van der Waals surface area contributed by atoms with E-state index in [1.165, 1.54) is 31.2 Å². The Kier molecular flexibility index (Phi) is 9.75. The van der Waals surface area contributed by atoms with Gasteiger partial charge in [0, 0.05) is 25.6 Å². The molecule has 0 radical (unpaired) electrons. The molecule has 3 aromatic carbocycles. The molecule has 0 N–H and O–H groups in total. The number of hydrazone groups is 1. The number of nitrogens with zero attached hydrogens (tertiary/aromatic N) is 3. The van der Waals surface area contributed by atoms with Crippen molar-refractivity contribution in [3.05, 3.63) is 94.0 Å². The Morgan fingerprint density at radius 2 is 1.63 bits per heavy atom. The lowest BCUT2D eigenvalue weighted by molar-refractivity contribution is -0.137. The lowest BCUT2D eigenvalue weighted by Crippen LogP contribution is -2.42. The van der Waals surface area contributed by atoms with Crippen LogP contribution in [0.3, 0.4) is 0 Å². The van der Waals surface area contributed by atoms with E-state index in [1.807, 2.05) is 38.1 Å². The number of ether oxygens (including phenoxy) is 3. The van der Waals surface area contributed by atoms with Crippen LogP contribution in [0.2, 0.25) is 0 Å². The average molecular weight is 598 g/mol. The Bertz CT molecular complexity index is 1510. The minimum atomic E-state index is -4.53. The summed E-state index contributed by atoms with van der Waals surface area (Å²) in [5.74, 6) is -0.0362. The van der Waals surface area contributed by atoms with Gasteiger partial charge >= 0.3 is 6.18 Å². The molecule has 11 heteroatoms. The van der Waals surface area contributed by atoms with Crippen LogP contribution in [0.15, 0.2) is 65.8 Å². The van der Waals surface area contributed by atoms with Crippen molar-refractivity contribution in [3.8, 4) is 11.5 Å². The monoisotopic (exact) mass is 597 g/mol. The largest absolute Gasteiger partial charge is 0.493 e. The quantitative estimate of drug-likeness (QED) is 0.295. The lowest BCUT2D eigenvalue weighted by atomic mass is 9.96. The Morgan fingerprint density at radius 3 is 2.23 bits per heavy atom. The van der Waals surface area contributed by atoms with E-state index < -0.39 is 29.6 Å². The molecule has 1 atom stereocenters. The molecule has 3 aromatic rings. The Hall–Kier alpha value is -4.38. The molecule has 0 unspecified atom stereocenters. The highest BCUT2D eigenvalue weighted by Crippen LogP contribution is 2.38. The molecule has 228 valence electrons. The summed E-state index contributed by atoms with van der Waals surface area (Å²) >= 11 is 0. The second-order valence-corrected chi connectivity index (χ2v) is 10.2. The van der Waals surface area contributed by atoms with Gasteiger partial charge in [0.15, 0.2) is 11.5 Å². The predicted octanol–water partition coefficient (Wildman–Crippen LogP) is 5.81. The van der Waals surface area contributed by atoms with Gasteiger partial charge in [0.1, 0.15) is 6.54 Å². The number of alkyl halides is 3. The third-order valence-corrected chi connectivity index (χ3v) is 7.44. The van der Waals surface area contributed by atoms with E-state index in [4.69, 9.17) is 19.3 Å². The van der Waals surface area contributed by atoms with Gasteiger partial charge in [-0.1, -0.05) is 18.2 Å². The van der Waals surface area contributed by atoms with E-state index in [0.29, 0.717) is 23.6 Å². The number of amides is 2. The fourth-order valence-corrected chi connectivity index (χ4v) is 4.83. The maximum absolute atomic E-state index is 13.9. The standard InChI is InChI=1S/C32H34F3N3O5/c1-20-6-7-23(16-21(20)2)26-18-27(24-10-13-28(42-4)29(17-24)43-5)38(36-26)30(39)19-37(14-15-41-3)31(40)22-8-11-25(12-9-22)32(33,34)35/h6-13,16-17,27H,14-15,18-19H2,1-5H3/t27-/m1/s1. The molecule has 1 aliphatic rings. The Balaban J connectivity index is 1.67. The van der Waals surface area contributed by atoms with Crippen molar-refractivity contribution in [1.29, 1.82) is 0 Å². The summed E-state index contributed by atoms with van der Waals surface area (Å²) in [6.07, 6.45) is -4.12. The van der Waals surface area contributed by atoms with Crippen molar-refractivity contribution in [2.24, 2.45) is 5.10 Å². The number of halogens is 3. The maximum Gasteiger partial charge on any atom is 0.416 e. The summed E-state index contributed by atoms with van der Waals surface area (Å²) < 4.78 is 55.2. The van der Waals surface area contributed by atoms with Crippen molar-refractivity contribution in [2.75, 3.05) is 41.0 Å². The van der Waals surface area contributed by atoms with Gasteiger partial charge in [-0.25, -0.2) is 5.01 Å². The second kappa shape index (κ2) is 13.3. The molecular weight excluding hydrogens is 563 g/mol. The third kappa shape index (κ3) is 7.16. The first-order valence-corrected chi connectivity index (χ1v) is 13.6. The van der Waals surface area contributed by atoms with Crippen molar-refractivity contribution >= 4 is 17.5 Å². The predicted molar refractivity (Wildman–Crippen MR) is 155 cm³/mol. The second-order valence-electron chi connectivity index (χ2n) is 10.2. The van der Waals surface area contributed by atoms with Crippen LogP contribution in [-0.2, 0) is 15.7 Å². The molecule has 0 spiro atoms. The first kappa shape index (κ1) is 31.6. The number of aryl methyl sites for hydroxylation is 2. The van der Waals surface area contributed by atoms with Gasteiger partial charge < -0.3 is 19.1 Å². The third-order valence-electron chi connectivity index (χ3n) is 7.44. The van der Waals surface area contributed by atoms with Crippen molar-refractivity contribution < 1.29 is 37.0 Å². The molecule has 4 rings (SSSR count). The van der Waals surface area contributed by atoms with E-state index in [0.717, 1.165) is 46.5 Å². The minimum absolute atomic E-state index is 0.0223. The molecule has 0 saturated heterocycles. The molecule has 0 bridgehead atoms. The summed E-state index contributed by atoms with van der Waals surface area (Å²) in [6, 6.07) is 14.7. The fraction of sp³-hybridized carbons (Fsp3) is 0.344. The lowest BCUT2D eigenvalue weighted by Gasteiger charge is -2.27. The number of hydrogen-bond acceptors (Lipinski definition) is 6. The Labute approximate surface area is 248 Å². The van der Waals surface area contributed by atoms with Gasteiger partial charge in [0.05, 0.1) is 38.1 Å². The van der Waals surface area contributed by atoms with Crippen LogP contribution in [0.5, 0.6) is 11.5 Å². The number of rotatable bonds is 10. The van der Waals surface area contributed by atoms with Crippen LogP contribution < -0.4 is 9.47 Å². The molecule has 1 heterocycles. The Morgan fingerprint density at radius 1 is 0.930 bits per heavy atom. The molecule has 2 amide bonds. The minimum Gasteiger partial charge on any atom is -0.493 e. The van der Waals surface area contributed by atoms with E-state index in [2.05, 4.69) is 0 Å². The van der Waals surface area contributed by atoms with Crippen molar-refractivity contribution in [1.82, 2.24) is 9.91 Å². The zero-order valence-corrected chi connectivity index (χ0v) is 24.7. The SMILES string of the molecule is COCCN(CC(=O)N1N=C(c2ccc(C)c(C)c2)C[C@@H]1c1ccc(OC)c(OC)c1)C(=O)c1ccc(C(F)(F)F)cc1. The summed E-state index contributed by atoms with van der Waals surface area (Å²) in [4.78, 5) is 28.5. The van der Waals surface area contributed by atoms with Gasteiger partial charge in [0.25, 0.3) is 11.8 Å². The van der Waals surface area contributed by atoms with E-state index in [9.17, 15) is 22.8 Å². The number of hydrogen-bond donors (Lipinski definition) is 0. The van der Waals surface area contributed by atoms with Crippen LogP contribution >= 0.6 is 0 Å². The molecule has 8 nitrogen and oxygen atoms in total. The fourth-order valence-electron chi connectivity index (χ4n) is 4.83. The van der Waals surface area contributed by atoms with Gasteiger partial charge in [-0.15, -0.1) is 0 Å². The van der Waals surface area contributed by atoms with Crippen LogP contribution in [0.1, 0.15) is 50.6 Å². The smallest absolute Gasteiger partial charge is 0.416 e. The summed E-state index contributed by atoms with van der Waals surface area (Å²) in [5.41, 5.74) is 3.70. The number of carbonyl (C=O) groups excluding carboxylic acids is 2. The molecule has 0 aromatic heterocycles. The molecule has 43 heavy (non-hydrogen) atoms. The average Bonchev–Trinajstić information content (AvgIpc) is 3.45. The summed E-state index contributed by atoms with van der Waals surface area (Å²) in [5, 5.41) is 6.09. The van der Waals surface area contributed by atoms with Gasteiger partial charge in [-0.2, -0.15) is 18.3 Å². The van der Waals surface area contributed by atoms with Crippen LogP contribution in [0, 0.1) is 13.8 Å². The first-order valence-electron chi connectivity index (χ1n) is 13.6. The zero-order chi connectivity index (χ0) is 31.3. The topological polar surface area (TPSA) is 80.7 Å².